The van der Waals surface area contributed by atoms with E-state index in [1.165, 1.54) is 6.33 Å². The van der Waals surface area contributed by atoms with Crippen LogP contribution in [-0.2, 0) is 0 Å². The summed E-state index contributed by atoms with van der Waals surface area (Å²) in [6.45, 7) is 12.6. The lowest BCUT2D eigenvalue weighted by molar-refractivity contribution is 0.229. The Bertz CT molecular complexity index is 696. The average molecular weight is 304 g/mol. The van der Waals surface area contributed by atoms with E-state index >= 15 is 0 Å². The summed E-state index contributed by atoms with van der Waals surface area (Å²) in [6.07, 6.45) is 1.38. The van der Waals surface area contributed by atoms with Gasteiger partial charge in [-0.2, -0.15) is 0 Å². The molecule has 0 spiro atoms. The Morgan fingerprint density at radius 2 is 1.95 bits per heavy atom. The fourth-order valence-corrected chi connectivity index (χ4v) is 1.82. The Hall–Kier alpha value is -2.32. The molecule has 0 atom stereocenters. The number of ether oxygens (including phenoxy) is 2. The monoisotopic (exact) mass is 303 g/mol. The predicted molar refractivity (Wildman–Crippen MR) is 80.3 cm³/mol. The van der Waals surface area contributed by atoms with Crippen LogP contribution in [0.5, 0.6) is 17.5 Å². The van der Waals surface area contributed by atoms with Crippen molar-refractivity contribution in [1.82, 2.24) is 9.97 Å². The number of benzene rings is 1. The summed E-state index contributed by atoms with van der Waals surface area (Å²) < 4.78 is 11.3. The Labute approximate surface area is 128 Å². The summed E-state index contributed by atoms with van der Waals surface area (Å²) in [7, 11) is 0. The van der Waals surface area contributed by atoms with Gasteiger partial charge in [0.05, 0.1) is 23.3 Å². The van der Waals surface area contributed by atoms with Crippen molar-refractivity contribution in [1.29, 1.82) is 0 Å². The molecule has 2 aromatic rings. The smallest absolute Gasteiger partial charge is 0.229 e. The first-order valence-corrected chi connectivity index (χ1v) is 6.72. The molecule has 108 valence electrons. The van der Waals surface area contributed by atoms with Crippen LogP contribution in [0.3, 0.4) is 0 Å². The third-order valence-electron chi connectivity index (χ3n) is 2.59. The van der Waals surface area contributed by atoms with Crippen molar-refractivity contribution in [3.8, 4) is 17.5 Å². The molecule has 21 heavy (non-hydrogen) atoms. The Balaban J connectivity index is 2.30. The maximum Gasteiger partial charge on any atom is 0.229 e. The summed E-state index contributed by atoms with van der Waals surface area (Å²) >= 11 is 6.09. The van der Waals surface area contributed by atoms with Gasteiger partial charge < -0.3 is 9.47 Å². The van der Waals surface area contributed by atoms with Crippen molar-refractivity contribution in [2.75, 3.05) is 0 Å². The minimum Gasteiger partial charge on any atom is -0.475 e. The molecule has 0 unspecified atom stereocenters. The normalized spacial score (nSPS) is 10.3. The van der Waals surface area contributed by atoms with Gasteiger partial charge in [-0.15, -0.1) is 0 Å². The zero-order valence-electron chi connectivity index (χ0n) is 11.9. The molecule has 0 aliphatic rings. The van der Waals surface area contributed by atoms with Crippen molar-refractivity contribution in [2.45, 2.75) is 26.9 Å². The average Bonchev–Trinajstić information content (AvgIpc) is 2.44. The van der Waals surface area contributed by atoms with E-state index in [0.29, 0.717) is 33.8 Å². The minimum absolute atomic E-state index is 0.00740. The van der Waals surface area contributed by atoms with Gasteiger partial charge in [0.25, 0.3) is 0 Å². The Morgan fingerprint density at radius 3 is 2.57 bits per heavy atom. The molecule has 0 aliphatic heterocycles. The third-order valence-corrected chi connectivity index (χ3v) is 2.89. The first-order chi connectivity index (χ1) is 10.0. The minimum atomic E-state index is 0.00740. The number of hydrogen-bond acceptors (Lipinski definition) is 4. The van der Waals surface area contributed by atoms with Crippen molar-refractivity contribution in [3.63, 3.8) is 0 Å². The van der Waals surface area contributed by atoms with Crippen molar-refractivity contribution in [3.05, 3.63) is 46.5 Å². The quantitative estimate of drug-likeness (QED) is 0.776. The molecule has 0 radical (unpaired) electrons. The predicted octanol–water partition coefficient (Wildman–Crippen LogP) is 4.57. The standard InChI is InChI=1S/C15H14ClN3O2/c1-9(2)20-14-10(3)15(19-8-18-14)21-13-6-5-11(17-4)7-12(13)16/h5-9H,1-3H3. The van der Waals surface area contributed by atoms with Crippen LogP contribution in [0.4, 0.5) is 5.69 Å². The molecule has 2 rings (SSSR count). The highest BCUT2D eigenvalue weighted by atomic mass is 35.5. The molecule has 5 nitrogen and oxygen atoms in total. The van der Waals surface area contributed by atoms with Gasteiger partial charge in [0.15, 0.2) is 5.69 Å². The molecule has 0 saturated carbocycles. The number of nitrogens with zero attached hydrogens (tertiary/aromatic N) is 3. The maximum atomic E-state index is 6.95. The van der Waals surface area contributed by atoms with Crippen LogP contribution in [0.25, 0.3) is 4.85 Å². The molecule has 0 N–H and O–H groups in total. The van der Waals surface area contributed by atoms with Crippen LogP contribution < -0.4 is 9.47 Å². The molecule has 0 aliphatic carbocycles. The second-order valence-electron chi connectivity index (χ2n) is 4.60. The fourth-order valence-electron chi connectivity index (χ4n) is 1.61. The molecule has 1 aromatic carbocycles. The fraction of sp³-hybridized carbons (Fsp3) is 0.267. The van der Waals surface area contributed by atoms with Crippen molar-refractivity contribution in [2.24, 2.45) is 0 Å². The molecule has 1 aromatic heterocycles. The van der Waals surface area contributed by atoms with Crippen LogP contribution in [0.15, 0.2) is 24.5 Å². The number of aromatic nitrogens is 2. The van der Waals surface area contributed by atoms with E-state index in [-0.39, 0.29) is 6.10 Å². The molecular weight excluding hydrogens is 290 g/mol. The van der Waals surface area contributed by atoms with Crippen LogP contribution in [-0.4, -0.2) is 16.1 Å². The molecule has 0 amide bonds. The van der Waals surface area contributed by atoms with Crippen LogP contribution in [0.1, 0.15) is 19.4 Å². The van der Waals surface area contributed by atoms with Crippen molar-refractivity contribution >= 4 is 17.3 Å². The van der Waals surface area contributed by atoms with Gasteiger partial charge in [-0.05, 0) is 32.9 Å². The second kappa shape index (κ2) is 6.42. The van der Waals surface area contributed by atoms with Gasteiger partial charge in [0.2, 0.25) is 11.8 Å². The lowest BCUT2D eigenvalue weighted by Crippen LogP contribution is -2.09. The van der Waals surface area contributed by atoms with Gasteiger partial charge in [-0.25, -0.2) is 14.8 Å². The SMILES string of the molecule is [C-]#[N+]c1ccc(Oc2ncnc(OC(C)C)c2C)c(Cl)c1. The van der Waals surface area contributed by atoms with Gasteiger partial charge >= 0.3 is 0 Å². The summed E-state index contributed by atoms with van der Waals surface area (Å²) in [6, 6.07) is 4.82. The van der Waals surface area contributed by atoms with Crippen molar-refractivity contribution < 1.29 is 9.47 Å². The Kier molecular flexibility index (Phi) is 4.61. The second-order valence-corrected chi connectivity index (χ2v) is 5.01. The summed E-state index contributed by atoms with van der Waals surface area (Å²) in [5, 5.41) is 0.354. The molecule has 0 fully saturated rings. The zero-order valence-corrected chi connectivity index (χ0v) is 12.7. The van der Waals surface area contributed by atoms with E-state index < -0.39 is 0 Å². The molecule has 6 heteroatoms. The highest BCUT2D eigenvalue weighted by Gasteiger charge is 2.13. The van der Waals surface area contributed by atoms with Crippen LogP contribution in [0.2, 0.25) is 5.02 Å². The van der Waals surface area contributed by atoms with E-state index in [9.17, 15) is 0 Å². The summed E-state index contributed by atoms with van der Waals surface area (Å²) in [5.41, 5.74) is 1.15. The third kappa shape index (κ3) is 3.61. The molecule has 0 saturated heterocycles. The lowest BCUT2D eigenvalue weighted by Gasteiger charge is -2.13. The first-order valence-electron chi connectivity index (χ1n) is 6.34. The topological polar surface area (TPSA) is 48.6 Å². The van der Waals surface area contributed by atoms with E-state index in [1.807, 2.05) is 20.8 Å². The van der Waals surface area contributed by atoms with Gasteiger partial charge in [0.1, 0.15) is 12.1 Å². The number of hydrogen-bond donors (Lipinski definition) is 0. The van der Waals surface area contributed by atoms with Crippen LogP contribution in [0, 0.1) is 13.5 Å². The maximum absolute atomic E-state index is 6.95. The summed E-state index contributed by atoms with van der Waals surface area (Å²) in [5.74, 6) is 1.28. The Morgan fingerprint density at radius 1 is 1.24 bits per heavy atom. The molecule has 1 heterocycles. The largest absolute Gasteiger partial charge is 0.475 e. The van der Waals surface area contributed by atoms with E-state index in [0.717, 1.165) is 0 Å². The molecular formula is C15H14ClN3O2. The van der Waals surface area contributed by atoms with Gasteiger partial charge in [-0.1, -0.05) is 17.7 Å². The van der Waals surface area contributed by atoms with Crippen LogP contribution >= 0.6 is 11.6 Å². The lowest BCUT2D eigenvalue weighted by atomic mass is 10.3. The van der Waals surface area contributed by atoms with E-state index in [2.05, 4.69) is 14.8 Å². The highest BCUT2D eigenvalue weighted by Crippen LogP contribution is 2.34. The first kappa shape index (κ1) is 15.1. The van der Waals surface area contributed by atoms with E-state index in [4.69, 9.17) is 27.6 Å². The van der Waals surface area contributed by atoms with Gasteiger partial charge in [0, 0.05) is 0 Å². The highest BCUT2D eigenvalue weighted by molar-refractivity contribution is 6.32. The summed E-state index contributed by atoms with van der Waals surface area (Å²) in [4.78, 5) is 11.5. The van der Waals surface area contributed by atoms with Gasteiger partial charge in [-0.3, -0.25) is 0 Å². The van der Waals surface area contributed by atoms with E-state index in [1.54, 1.807) is 18.2 Å². The number of halogens is 1. The number of rotatable bonds is 4. The molecule has 0 bridgehead atoms. The zero-order chi connectivity index (χ0) is 15.4.